The molecular weight excluding hydrogens is 316 g/mol. The highest BCUT2D eigenvalue weighted by Gasteiger charge is 2.68. The second kappa shape index (κ2) is 5.84. The Labute approximate surface area is 158 Å². The Bertz CT molecular complexity index is 901. The van der Waals surface area contributed by atoms with E-state index in [1.165, 1.54) is 36.2 Å². The van der Waals surface area contributed by atoms with Crippen molar-refractivity contribution in [2.45, 2.75) is 77.7 Å². The van der Waals surface area contributed by atoms with Crippen molar-refractivity contribution in [3.05, 3.63) is 52.9 Å². The molecule has 1 aromatic heterocycles. The SMILES string of the molecule is CCCCc1ccc2c(c1)-c1n(cc[n+]1C)C1(CC)C(C)=C(C)C21CC. The maximum atomic E-state index is 2.60. The fourth-order valence-electron chi connectivity index (χ4n) is 6.29. The normalized spacial score (nSPS) is 26.2. The standard InChI is InChI=1S/C24H33N2/c1-7-10-11-19-12-13-21-20(16-19)22-25(6)14-15-26(22)24(9-3)18(5)17(4)23(21,24)8-2/h12-16H,7-11H2,1-6H3/q+1. The van der Waals surface area contributed by atoms with Crippen molar-refractivity contribution in [2.75, 3.05) is 0 Å². The zero-order valence-corrected chi connectivity index (χ0v) is 17.3. The minimum absolute atomic E-state index is 0.0976. The van der Waals surface area contributed by atoms with Gasteiger partial charge in [-0.2, -0.15) is 0 Å². The highest BCUT2D eigenvalue weighted by molar-refractivity contribution is 5.73. The van der Waals surface area contributed by atoms with Crippen LogP contribution in [0.2, 0.25) is 0 Å². The number of hydrogen-bond acceptors (Lipinski definition) is 0. The molecule has 2 nitrogen and oxygen atoms in total. The number of fused-ring (bicyclic) bond motifs is 6. The molecule has 1 aliphatic carbocycles. The Morgan fingerprint density at radius 3 is 2.46 bits per heavy atom. The maximum Gasteiger partial charge on any atom is 0.289 e. The largest absolute Gasteiger partial charge is 0.289 e. The molecule has 0 radical (unpaired) electrons. The molecule has 0 saturated heterocycles. The van der Waals surface area contributed by atoms with Gasteiger partial charge in [-0.25, -0.2) is 9.13 Å². The highest BCUT2D eigenvalue weighted by atomic mass is 15.2. The lowest BCUT2D eigenvalue weighted by Crippen LogP contribution is -2.64. The zero-order chi connectivity index (χ0) is 18.7. The molecule has 0 fully saturated rings. The van der Waals surface area contributed by atoms with Gasteiger partial charge in [0.05, 0.1) is 18.0 Å². The number of hydrogen-bond donors (Lipinski definition) is 0. The van der Waals surface area contributed by atoms with Crippen LogP contribution in [-0.2, 0) is 24.4 Å². The molecule has 26 heavy (non-hydrogen) atoms. The van der Waals surface area contributed by atoms with Crippen LogP contribution in [0, 0.1) is 0 Å². The number of aromatic nitrogens is 2. The summed E-state index contributed by atoms with van der Waals surface area (Å²) in [5, 5.41) is 0. The molecule has 1 aromatic carbocycles. The Kier molecular flexibility index (Phi) is 3.95. The van der Waals surface area contributed by atoms with Gasteiger partial charge in [-0.3, -0.25) is 0 Å². The molecule has 2 unspecified atom stereocenters. The van der Waals surface area contributed by atoms with Crippen molar-refractivity contribution in [3.8, 4) is 11.4 Å². The lowest BCUT2D eigenvalue weighted by molar-refractivity contribution is -0.660. The Balaban J connectivity index is 2.04. The van der Waals surface area contributed by atoms with Crippen LogP contribution in [0.5, 0.6) is 0 Å². The first-order valence-corrected chi connectivity index (χ1v) is 10.4. The van der Waals surface area contributed by atoms with E-state index in [4.69, 9.17) is 0 Å². The van der Waals surface area contributed by atoms with Gasteiger partial charge in [0.15, 0.2) is 0 Å². The second-order valence-electron chi connectivity index (χ2n) is 8.31. The van der Waals surface area contributed by atoms with Crippen LogP contribution >= 0.6 is 0 Å². The van der Waals surface area contributed by atoms with E-state index < -0.39 is 0 Å². The molecule has 0 saturated carbocycles. The summed E-state index contributed by atoms with van der Waals surface area (Å²) < 4.78 is 4.92. The van der Waals surface area contributed by atoms with Crippen LogP contribution in [0.1, 0.15) is 71.4 Å². The highest BCUT2D eigenvalue weighted by Crippen LogP contribution is 2.67. The molecule has 2 aliphatic rings. The molecule has 138 valence electrons. The fraction of sp³-hybridized carbons (Fsp3) is 0.542. The van der Waals surface area contributed by atoms with Crippen LogP contribution in [0.3, 0.4) is 0 Å². The van der Waals surface area contributed by atoms with Gasteiger partial charge >= 0.3 is 0 Å². The van der Waals surface area contributed by atoms with Gasteiger partial charge in [0.25, 0.3) is 5.82 Å². The quantitative estimate of drug-likeness (QED) is 0.502. The zero-order valence-electron chi connectivity index (χ0n) is 17.3. The summed E-state index contributed by atoms with van der Waals surface area (Å²) in [6.07, 6.45) is 10.6. The molecule has 2 heteroatoms. The molecule has 2 heterocycles. The Morgan fingerprint density at radius 1 is 1.04 bits per heavy atom. The molecule has 0 spiro atoms. The first-order chi connectivity index (χ1) is 12.5. The predicted octanol–water partition coefficient (Wildman–Crippen LogP) is 5.44. The van der Waals surface area contributed by atoms with E-state index in [1.54, 1.807) is 16.7 Å². The summed E-state index contributed by atoms with van der Waals surface area (Å²) in [7, 11) is 2.20. The summed E-state index contributed by atoms with van der Waals surface area (Å²) >= 11 is 0. The van der Waals surface area contributed by atoms with E-state index in [0.717, 1.165) is 12.8 Å². The van der Waals surface area contributed by atoms with Crippen molar-refractivity contribution < 1.29 is 4.57 Å². The molecule has 2 aromatic rings. The van der Waals surface area contributed by atoms with Crippen LogP contribution in [-0.4, -0.2) is 4.57 Å². The number of aryl methyl sites for hydroxylation is 2. The number of rotatable bonds is 5. The minimum atomic E-state index is 0.0976. The smallest absolute Gasteiger partial charge is 0.233 e. The number of benzene rings is 1. The van der Waals surface area contributed by atoms with Crippen molar-refractivity contribution in [1.82, 2.24) is 4.57 Å². The third-order valence-electron chi connectivity index (χ3n) is 7.59. The van der Waals surface area contributed by atoms with Gasteiger partial charge < -0.3 is 0 Å². The van der Waals surface area contributed by atoms with Crippen molar-refractivity contribution in [1.29, 1.82) is 0 Å². The number of nitrogens with zero attached hydrogens (tertiary/aromatic N) is 2. The van der Waals surface area contributed by atoms with Crippen molar-refractivity contribution in [3.63, 3.8) is 0 Å². The monoisotopic (exact) mass is 349 g/mol. The summed E-state index contributed by atoms with van der Waals surface area (Å²) in [6, 6.07) is 7.33. The maximum absolute atomic E-state index is 2.60. The van der Waals surface area contributed by atoms with Gasteiger partial charge in [-0.05, 0) is 62.3 Å². The second-order valence-corrected chi connectivity index (χ2v) is 8.31. The van der Waals surface area contributed by atoms with Gasteiger partial charge in [0.2, 0.25) is 0 Å². The molecule has 1 aliphatic heterocycles. The van der Waals surface area contributed by atoms with E-state index in [1.807, 2.05) is 0 Å². The van der Waals surface area contributed by atoms with Gasteiger partial charge in [-0.15, -0.1) is 0 Å². The lowest BCUT2D eigenvalue weighted by Gasteiger charge is -2.60. The van der Waals surface area contributed by atoms with E-state index in [2.05, 4.69) is 81.4 Å². The van der Waals surface area contributed by atoms with Crippen LogP contribution in [0.15, 0.2) is 41.7 Å². The third-order valence-corrected chi connectivity index (χ3v) is 7.59. The lowest BCUT2D eigenvalue weighted by atomic mass is 9.45. The van der Waals surface area contributed by atoms with E-state index in [-0.39, 0.29) is 11.0 Å². The number of unbranched alkanes of at least 4 members (excludes halogenated alkanes) is 1. The third kappa shape index (κ3) is 1.76. The average Bonchev–Trinajstić information content (AvgIpc) is 3.05. The molecule has 4 rings (SSSR count). The number of imidazole rings is 1. The Hall–Kier alpha value is -1.83. The van der Waals surface area contributed by atoms with Crippen LogP contribution < -0.4 is 4.57 Å². The first kappa shape index (κ1) is 17.6. The number of allylic oxidation sites excluding steroid dienone is 2. The average molecular weight is 350 g/mol. The molecule has 0 bridgehead atoms. The predicted molar refractivity (Wildman–Crippen MR) is 108 cm³/mol. The molecule has 2 atom stereocenters. The molecule has 0 amide bonds. The summed E-state index contributed by atoms with van der Waals surface area (Å²) in [5.74, 6) is 1.37. The van der Waals surface area contributed by atoms with Crippen molar-refractivity contribution >= 4 is 0 Å². The Morgan fingerprint density at radius 2 is 1.81 bits per heavy atom. The topological polar surface area (TPSA) is 8.81 Å². The van der Waals surface area contributed by atoms with E-state index in [9.17, 15) is 0 Å². The first-order valence-electron chi connectivity index (χ1n) is 10.4. The summed E-state index contributed by atoms with van der Waals surface area (Å²) in [6.45, 7) is 11.7. The molecular formula is C24H33N2+. The van der Waals surface area contributed by atoms with E-state index in [0.29, 0.717) is 0 Å². The van der Waals surface area contributed by atoms with Crippen LogP contribution in [0.25, 0.3) is 11.4 Å². The van der Waals surface area contributed by atoms with Crippen molar-refractivity contribution in [2.24, 2.45) is 7.05 Å². The van der Waals surface area contributed by atoms with E-state index >= 15 is 0 Å². The van der Waals surface area contributed by atoms with Gasteiger partial charge in [-0.1, -0.05) is 44.9 Å². The van der Waals surface area contributed by atoms with Gasteiger partial charge in [0.1, 0.15) is 17.9 Å². The fourth-order valence-corrected chi connectivity index (χ4v) is 6.29. The minimum Gasteiger partial charge on any atom is -0.233 e. The van der Waals surface area contributed by atoms with Crippen LogP contribution in [0.4, 0.5) is 0 Å². The van der Waals surface area contributed by atoms with Gasteiger partial charge in [0, 0.05) is 0 Å². The molecule has 0 N–H and O–H groups in total. The summed E-state index contributed by atoms with van der Waals surface area (Å²) in [4.78, 5) is 0. The summed E-state index contributed by atoms with van der Waals surface area (Å²) in [5.41, 5.74) is 7.87.